The van der Waals surface area contributed by atoms with Gasteiger partial charge in [-0.3, -0.25) is 4.18 Å². The van der Waals surface area contributed by atoms with Gasteiger partial charge in [0.15, 0.2) is 5.79 Å². The third-order valence-electron chi connectivity index (χ3n) is 3.57. The van der Waals surface area contributed by atoms with Crippen LogP contribution in [0.1, 0.15) is 13.8 Å². The molecule has 21 heavy (non-hydrogen) atoms. The Hall–Kier alpha value is -0.330. The van der Waals surface area contributed by atoms with Crippen molar-refractivity contribution in [3.63, 3.8) is 0 Å². The van der Waals surface area contributed by atoms with Crippen LogP contribution in [0.5, 0.6) is 0 Å². The van der Waals surface area contributed by atoms with Gasteiger partial charge in [0.1, 0.15) is 24.9 Å². The Balaban J connectivity index is 1.85. The maximum Gasteiger partial charge on any atom is 0.333 e. The van der Waals surface area contributed by atoms with E-state index in [-0.39, 0.29) is 12.7 Å². The van der Waals surface area contributed by atoms with Crippen LogP contribution in [0.4, 0.5) is 0 Å². The van der Waals surface area contributed by atoms with Crippen LogP contribution in [0.15, 0.2) is 0 Å². The minimum absolute atomic E-state index is 0.189. The fraction of sp³-hybridized carbons (Fsp3) is 1.00. The molecule has 0 radical (unpaired) electrons. The number of hydrogen-bond donors (Lipinski definition) is 1. The predicted octanol–water partition coefficient (Wildman–Crippen LogP) is -1.13. The van der Waals surface area contributed by atoms with Gasteiger partial charge in [-0.25, -0.2) is 5.14 Å². The largest absolute Gasteiger partial charge is 0.371 e. The quantitative estimate of drug-likeness (QED) is 0.693. The zero-order valence-electron chi connectivity index (χ0n) is 11.8. The maximum atomic E-state index is 11.1. The molecule has 3 aliphatic rings. The summed E-state index contributed by atoms with van der Waals surface area (Å²) >= 11 is 0. The molecule has 0 spiro atoms. The average Bonchev–Trinajstić information content (AvgIpc) is 2.67. The standard InChI is InChI=1S/C11H19NO8S/c1-10(2)19-9-8-7(15-3-4-16-8)5-17-11(9,20-10)6-18-21(12,13)14/h7-9H,3-6H2,1-2H3,(H2,12,13,14)/t7-,8-,9+,11+/m1/s1. The molecule has 0 amide bonds. The van der Waals surface area contributed by atoms with E-state index < -0.39 is 40.7 Å². The lowest BCUT2D eigenvalue weighted by Gasteiger charge is -2.45. The molecular weight excluding hydrogens is 306 g/mol. The van der Waals surface area contributed by atoms with Gasteiger partial charge in [-0.2, -0.15) is 8.42 Å². The van der Waals surface area contributed by atoms with Gasteiger partial charge in [-0.15, -0.1) is 0 Å². The second kappa shape index (κ2) is 5.10. The van der Waals surface area contributed by atoms with Crippen LogP contribution in [-0.2, 0) is 38.2 Å². The molecule has 9 nitrogen and oxygen atoms in total. The molecule has 4 atom stereocenters. The van der Waals surface area contributed by atoms with E-state index >= 15 is 0 Å². The lowest BCUT2D eigenvalue weighted by molar-refractivity contribution is -0.321. The molecule has 2 N–H and O–H groups in total. The van der Waals surface area contributed by atoms with E-state index in [1.807, 2.05) is 0 Å². The van der Waals surface area contributed by atoms with Crippen molar-refractivity contribution in [2.24, 2.45) is 5.14 Å². The number of hydrogen-bond acceptors (Lipinski definition) is 8. The predicted molar refractivity (Wildman–Crippen MR) is 67.3 cm³/mol. The minimum Gasteiger partial charge on any atom is -0.371 e. The highest BCUT2D eigenvalue weighted by molar-refractivity contribution is 7.84. The van der Waals surface area contributed by atoms with E-state index in [4.69, 9.17) is 28.8 Å². The normalized spacial score (nSPS) is 42.3. The fourth-order valence-electron chi connectivity index (χ4n) is 2.87. The molecule has 10 heteroatoms. The second-order valence-electron chi connectivity index (χ2n) is 5.66. The average molecular weight is 325 g/mol. The Bertz CT molecular complexity index is 508. The topological polar surface area (TPSA) is 116 Å². The first-order valence-electron chi connectivity index (χ1n) is 6.63. The SMILES string of the molecule is CC1(C)O[C@H]2[C@@H]3OCCO[C@@H]3CO[C@@]2(COS(N)(=O)=O)O1. The Kier molecular flexibility index (Phi) is 3.78. The molecule has 0 aliphatic carbocycles. The smallest absolute Gasteiger partial charge is 0.333 e. The van der Waals surface area contributed by atoms with Gasteiger partial charge in [0, 0.05) is 0 Å². The summed E-state index contributed by atoms with van der Waals surface area (Å²) in [6.07, 6.45) is -1.38. The van der Waals surface area contributed by atoms with E-state index in [1.165, 1.54) is 0 Å². The van der Waals surface area contributed by atoms with Crippen molar-refractivity contribution in [1.82, 2.24) is 0 Å². The van der Waals surface area contributed by atoms with E-state index in [1.54, 1.807) is 13.8 Å². The summed E-state index contributed by atoms with van der Waals surface area (Å²) < 4.78 is 55.3. The summed E-state index contributed by atoms with van der Waals surface area (Å²) in [5.74, 6) is -2.36. The number of nitrogens with two attached hydrogens (primary N) is 1. The van der Waals surface area contributed by atoms with Crippen molar-refractivity contribution >= 4 is 10.3 Å². The molecule has 3 aliphatic heterocycles. The minimum atomic E-state index is -4.12. The van der Waals surface area contributed by atoms with Crippen LogP contribution in [-0.4, -0.2) is 64.7 Å². The fourth-order valence-corrected chi connectivity index (χ4v) is 3.20. The molecule has 0 bridgehead atoms. The number of fused-ring (bicyclic) bond motifs is 3. The highest BCUT2D eigenvalue weighted by Crippen LogP contribution is 2.44. The van der Waals surface area contributed by atoms with Crippen molar-refractivity contribution in [1.29, 1.82) is 0 Å². The van der Waals surface area contributed by atoms with Gasteiger partial charge in [-0.1, -0.05) is 0 Å². The Morgan fingerprint density at radius 3 is 2.71 bits per heavy atom. The third kappa shape index (κ3) is 3.08. The van der Waals surface area contributed by atoms with Gasteiger partial charge >= 0.3 is 10.3 Å². The molecule has 3 heterocycles. The molecule has 0 unspecified atom stereocenters. The Morgan fingerprint density at radius 2 is 2.00 bits per heavy atom. The van der Waals surface area contributed by atoms with Gasteiger partial charge in [0.25, 0.3) is 0 Å². The van der Waals surface area contributed by atoms with Crippen LogP contribution in [0.3, 0.4) is 0 Å². The molecule has 3 fully saturated rings. The van der Waals surface area contributed by atoms with Gasteiger partial charge in [0.2, 0.25) is 5.79 Å². The molecule has 3 saturated heterocycles. The summed E-state index contributed by atoms with van der Waals surface area (Å²) in [4.78, 5) is 0. The molecule has 122 valence electrons. The molecule has 3 rings (SSSR count). The zero-order chi connectivity index (χ0) is 15.3. The second-order valence-corrected chi connectivity index (χ2v) is 6.88. The maximum absolute atomic E-state index is 11.1. The van der Waals surface area contributed by atoms with E-state index in [2.05, 4.69) is 4.18 Å². The highest BCUT2D eigenvalue weighted by atomic mass is 32.2. The van der Waals surface area contributed by atoms with Gasteiger partial charge in [0.05, 0.1) is 19.8 Å². The summed E-state index contributed by atoms with van der Waals surface area (Å²) in [6.45, 7) is 4.08. The number of ether oxygens (including phenoxy) is 5. The van der Waals surface area contributed by atoms with E-state index in [0.29, 0.717) is 13.2 Å². The zero-order valence-corrected chi connectivity index (χ0v) is 12.6. The molecule has 0 aromatic carbocycles. The molecular formula is C11H19NO8S. The first kappa shape index (κ1) is 15.6. The van der Waals surface area contributed by atoms with Crippen LogP contribution in [0, 0.1) is 0 Å². The van der Waals surface area contributed by atoms with Crippen molar-refractivity contribution in [2.45, 2.75) is 43.7 Å². The third-order valence-corrected chi connectivity index (χ3v) is 4.02. The monoisotopic (exact) mass is 325 g/mol. The van der Waals surface area contributed by atoms with Crippen LogP contribution >= 0.6 is 0 Å². The van der Waals surface area contributed by atoms with Gasteiger partial charge in [-0.05, 0) is 13.8 Å². The molecule has 0 aromatic heterocycles. The molecule has 0 saturated carbocycles. The Morgan fingerprint density at radius 1 is 1.29 bits per heavy atom. The summed E-state index contributed by atoms with van der Waals surface area (Å²) in [6, 6.07) is 0. The first-order chi connectivity index (χ1) is 9.71. The van der Waals surface area contributed by atoms with E-state index in [9.17, 15) is 8.42 Å². The van der Waals surface area contributed by atoms with Crippen molar-refractivity contribution in [3.8, 4) is 0 Å². The van der Waals surface area contributed by atoms with Crippen LogP contribution < -0.4 is 5.14 Å². The van der Waals surface area contributed by atoms with Gasteiger partial charge < -0.3 is 23.7 Å². The van der Waals surface area contributed by atoms with Crippen LogP contribution in [0.2, 0.25) is 0 Å². The van der Waals surface area contributed by atoms with Crippen LogP contribution in [0.25, 0.3) is 0 Å². The number of rotatable bonds is 3. The summed E-state index contributed by atoms with van der Waals surface area (Å²) in [7, 11) is -4.12. The summed E-state index contributed by atoms with van der Waals surface area (Å²) in [5.41, 5.74) is 0. The summed E-state index contributed by atoms with van der Waals surface area (Å²) in [5, 5.41) is 4.87. The van der Waals surface area contributed by atoms with Crippen molar-refractivity contribution < 1.29 is 36.3 Å². The van der Waals surface area contributed by atoms with E-state index in [0.717, 1.165) is 0 Å². The molecule has 0 aromatic rings. The van der Waals surface area contributed by atoms with Crippen molar-refractivity contribution in [2.75, 3.05) is 26.4 Å². The lowest BCUT2D eigenvalue weighted by atomic mass is 9.96. The lowest BCUT2D eigenvalue weighted by Crippen LogP contribution is -2.64. The Labute approximate surface area is 122 Å². The highest BCUT2D eigenvalue weighted by Gasteiger charge is 2.63. The van der Waals surface area contributed by atoms with Crippen molar-refractivity contribution in [3.05, 3.63) is 0 Å². The first-order valence-corrected chi connectivity index (χ1v) is 8.10.